The van der Waals surface area contributed by atoms with Crippen LogP contribution in [0.4, 0.5) is 0 Å². The van der Waals surface area contributed by atoms with Crippen molar-refractivity contribution in [2.24, 2.45) is 5.10 Å². The van der Waals surface area contributed by atoms with Crippen molar-refractivity contribution in [3.8, 4) is 5.75 Å². The molecule has 0 saturated heterocycles. The summed E-state index contributed by atoms with van der Waals surface area (Å²) in [7, 11) is 0. The van der Waals surface area contributed by atoms with Crippen molar-refractivity contribution >= 4 is 12.1 Å². The Hall–Kier alpha value is -2.69. The highest BCUT2D eigenvalue weighted by Crippen LogP contribution is 2.17. The topological polar surface area (TPSA) is 63.6 Å². The average Bonchev–Trinajstić information content (AvgIpc) is 2.54. The van der Waals surface area contributed by atoms with Gasteiger partial charge >= 0.3 is 0 Å². The zero-order valence-electron chi connectivity index (χ0n) is 11.8. The third-order valence-corrected chi connectivity index (χ3v) is 2.66. The number of rotatable bonds is 6. The van der Waals surface area contributed by atoms with Gasteiger partial charge in [0.15, 0.2) is 0 Å². The summed E-state index contributed by atoms with van der Waals surface area (Å²) in [5.74, 6) is 0.260. The van der Waals surface area contributed by atoms with E-state index in [-0.39, 0.29) is 5.91 Å². The van der Waals surface area contributed by atoms with E-state index in [1.165, 1.54) is 0 Å². The molecule has 2 rings (SSSR count). The number of nitrogens with one attached hydrogen (secondary N) is 1. The summed E-state index contributed by atoms with van der Waals surface area (Å²) < 4.78 is 5.55. The molecule has 1 amide bonds. The molecule has 0 saturated carbocycles. The largest absolute Gasteiger partial charge is 0.493 e. The Labute approximate surface area is 123 Å². The van der Waals surface area contributed by atoms with Crippen LogP contribution in [0.3, 0.4) is 0 Å². The molecule has 0 bridgehead atoms. The van der Waals surface area contributed by atoms with Crippen molar-refractivity contribution in [3.05, 3.63) is 59.9 Å². The Bertz CT molecular complexity index is 612. The highest BCUT2D eigenvalue weighted by Gasteiger charge is 2.10. The number of pyridine rings is 1. The number of amides is 1. The summed E-state index contributed by atoms with van der Waals surface area (Å²) in [4.78, 5) is 16.1. The number of hydrogen-bond acceptors (Lipinski definition) is 4. The zero-order valence-corrected chi connectivity index (χ0v) is 11.8. The number of nitrogens with zero attached hydrogens (tertiary/aromatic N) is 2. The second-order valence-electron chi connectivity index (χ2n) is 4.33. The van der Waals surface area contributed by atoms with E-state index in [0.29, 0.717) is 17.9 Å². The van der Waals surface area contributed by atoms with E-state index >= 15 is 0 Å². The van der Waals surface area contributed by atoms with Crippen molar-refractivity contribution < 1.29 is 9.53 Å². The lowest BCUT2D eigenvalue weighted by atomic mass is 10.2. The summed E-state index contributed by atoms with van der Waals surface area (Å²) in [6, 6.07) is 10.8. The molecule has 0 aliphatic rings. The first-order chi connectivity index (χ1) is 10.3. The molecule has 108 valence electrons. The summed E-state index contributed by atoms with van der Waals surface area (Å²) >= 11 is 0. The normalized spacial score (nSPS) is 10.5. The van der Waals surface area contributed by atoms with Gasteiger partial charge in [-0.25, -0.2) is 5.43 Å². The lowest BCUT2D eigenvalue weighted by Gasteiger charge is -2.09. The van der Waals surface area contributed by atoms with Crippen LogP contribution in [0.5, 0.6) is 5.75 Å². The van der Waals surface area contributed by atoms with Gasteiger partial charge in [0.05, 0.1) is 18.4 Å². The van der Waals surface area contributed by atoms with Gasteiger partial charge in [0, 0.05) is 18.0 Å². The Morgan fingerprint density at radius 2 is 2.19 bits per heavy atom. The van der Waals surface area contributed by atoms with Crippen molar-refractivity contribution in [3.63, 3.8) is 0 Å². The predicted octanol–water partition coefficient (Wildman–Crippen LogP) is 2.63. The Morgan fingerprint density at radius 3 is 2.95 bits per heavy atom. The lowest BCUT2D eigenvalue weighted by Crippen LogP contribution is -2.18. The van der Waals surface area contributed by atoms with Crippen LogP contribution in [0.25, 0.3) is 0 Å². The van der Waals surface area contributed by atoms with Crippen LogP contribution in [-0.2, 0) is 0 Å². The molecule has 0 radical (unpaired) electrons. The van der Waals surface area contributed by atoms with E-state index < -0.39 is 0 Å². The van der Waals surface area contributed by atoms with Gasteiger partial charge in [-0.2, -0.15) is 5.10 Å². The minimum atomic E-state index is -0.304. The second kappa shape index (κ2) is 7.79. The van der Waals surface area contributed by atoms with Crippen LogP contribution in [0.1, 0.15) is 29.3 Å². The number of para-hydroxylation sites is 1. The Kier molecular flexibility index (Phi) is 5.46. The molecule has 2 aromatic rings. The number of benzene rings is 1. The monoisotopic (exact) mass is 283 g/mol. The first kappa shape index (κ1) is 14.7. The molecular weight excluding hydrogens is 266 g/mol. The molecule has 1 heterocycles. The van der Waals surface area contributed by atoms with E-state index in [1.807, 2.05) is 19.1 Å². The SMILES string of the molecule is CCCOc1ccccc1C(=O)N/N=C/c1cccnc1. The fourth-order valence-electron chi connectivity index (χ4n) is 1.67. The van der Waals surface area contributed by atoms with E-state index in [1.54, 1.807) is 42.9 Å². The van der Waals surface area contributed by atoms with Gasteiger partial charge in [-0.3, -0.25) is 9.78 Å². The first-order valence-corrected chi connectivity index (χ1v) is 6.76. The minimum Gasteiger partial charge on any atom is -0.493 e. The molecule has 5 nitrogen and oxygen atoms in total. The molecule has 1 N–H and O–H groups in total. The molecule has 0 fully saturated rings. The summed E-state index contributed by atoms with van der Waals surface area (Å²) in [5.41, 5.74) is 3.77. The zero-order chi connectivity index (χ0) is 14.9. The molecule has 0 aliphatic heterocycles. The van der Waals surface area contributed by atoms with E-state index in [0.717, 1.165) is 12.0 Å². The maximum atomic E-state index is 12.1. The van der Waals surface area contributed by atoms with E-state index in [9.17, 15) is 4.79 Å². The molecule has 0 unspecified atom stereocenters. The standard InChI is InChI=1S/C16H17N3O2/c1-2-10-21-15-8-4-3-7-14(15)16(20)19-18-12-13-6-5-9-17-11-13/h3-9,11-12H,2,10H2,1H3,(H,19,20)/b18-12+. The number of hydrazone groups is 1. The number of carbonyl (C=O) groups is 1. The lowest BCUT2D eigenvalue weighted by molar-refractivity contribution is 0.0951. The summed E-state index contributed by atoms with van der Waals surface area (Å²) in [5, 5.41) is 3.92. The minimum absolute atomic E-state index is 0.304. The third kappa shape index (κ3) is 4.42. The first-order valence-electron chi connectivity index (χ1n) is 6.76. The molecule has 5 heteroatoms. The van der Waals surface area contributed by atoms with Gasteiger partial charge in [-0.15, -0.1) is 0 Å². The predicted molar refractivity (Wildman–Crippen MR) is 81.5 cm³/mol. The molecule has 21 heavy (non-hydrogen) atoms. The fraction of sp³-hybridized carbons (Fsp3) is 0.188. The number of aromatic nitrogens is 1. The molecule has 1 aromatic carbocycles. The second-order valence-corrected chi connectivity index (χ2v) is 4.33. The highest BCUT2D eigenvalue weighted by atomic mass is 16.5. The quantitative estimate of drug-likeness (QED) is 0.654. The number of carbonyl (C=O) groups excluding carboxylic acids is 1. The van der Waals surface area contributed by atoms with Gasteiger partial charge in [-0.05, 0) is 24.6 Å². The molecule has 0 atom stereocenters. The number of hydrogen-bond donors (Lipinski definition) is 1. The van der Waals surface area contributed by atoms with Crippen LogP contribution >= 0.6 is 0 Å². The Balaban J connectivity index is 2.02. The summed E-state index contributed by atoms with van der Waals surface area (Å²) in [6.07, 6.45) is 5.76. The Morgan fingerprint density at radius 1 is 1.33 bits per heavy atom. The molecular formula is C16H17N3O2. The van der Waals surface area contributed by atoms with Crippen LogP contribution in [0, 0.1) is 0 Å². The van der Waals surface area contributed by atoms with Crippen molar-refractivity contribution in [1.29, 1.82) is 0 Å². The van der Waals surface area contributed by atoms with Crippen molar-refractivity contribution in [1.82, 2.24) is 10.4 Å². The van der Waals surface area contributed by atoms with E-state index in [4.69, 9.17) is 4.74 Å². The van der Waals surface area contributed by atoms with Crippen LogP contribution in [-0.4, -0.2) is 23.7 Å². The molecule has 1 aromatic heterocycles. The third-order valence-electron chi connectivity index (χ3n) is 2.66. The highest BCUT2D eigenvalue weighted by molar-refractivity contribution is 5.97. The van der Waals surface area contributed by atoms with E-state index in [2.05, 4.69) is 15.5 Å². The fourth-order valence-corrected chi connectivity index (χ4v) is 1.67. The maximum Gasteiger partial charge on any atom is 0.275 e. The van der Waals surface area contributed by atoms with Crippen LogP contribution in [0.2, 0.25) is 0 Å². The number of ether oxygens (including phenoxy) is 1. The van der Waals surface area contributed by atoms with Crippen molar-refractivity contribution in [2.75, 3.05) is 6.61 Å². The van der Waals surface area contributed by atoms with Gasteiger partial charge < -0.3 is 4.74 Å². The molecule has 0 aliphatic carbocycles. The van der Waals surface area contributed by atoms with Crippen LogP contribution in [0.15, 0.2) is 53.9 Å². The molecule has 0 spiro atoms. The maximum absolute atomic E-state index is 12.1. The summed E-state index contributed by atoms with van der Waals surface area (Å²) in [6.45, 7) is 2.59. The smallest absolute Gasteiger partial charge is 0.275 e. The van der Waals surface area contributed by atoms with Gasteiger partial charge in [0.1, 0.15) is 5.75 Å². The van der Waals surface area contributed by atoms with Crippen molar-refractivity contribution in [2.45, 2.75) is 13.3 Å². The average molecular weight is 283 g/mol. The van der Waals surface area contributed by atoms with Gasteiger partial charge in [0.25, 0.3) is 5.91 Å². The van der Waals surface area contributed by atoms with Gasteiger partial charge in [0.2, 0.25) is 0 Å². The van der Waals surface area contributed by atoms with Crippen LogP contribution < -0.4 is 10.2 Å². The van der Waals surface area contributed by atoms with Gasteiger partial charge in [-0.1, -0.05) is 25.1 Å².